The van der Waals surface area contributed by atoms with E-state index in [9.17, 15) is 4.79 Å². The lowest BCUT2D eigenvalue weighted by Crippen LogP contribution is -2.26. The van der Waals surface area contributed by atoms with Crippen LogP contribution in [0.15, 0.2) is 34.7 Å². The Bertz CT molecular complexity index is 526. The van der Waals surface area contributed by atoms with Gasteiger partial charge in [0.2, 0.25) is 5.91 Å². The summed E-state index contributed by atoms with van der Waals surface area (Å²) >= 11 is 1.55. The highest BCUT2D eigenvalue weighted by Crippen LogP contribution is 2.25. The van der Waals surface area contributed by atoms with E-state index in [2.05, 4.69) is 11.4 Å². The summed E-state index contributed by atoms with van der Waals surface area (Å²) in [6.07, 6.45) is 8.34. The lowest BCUT2D eigenvalue weighted by molar-refractivity contribution is -0.118. The molecule has 4 heteroatoms. The topological polar surface area (TPSA) is 55.1 Å². The molecule has 0 radical (unpaired) electrons. The molecule has 0 saturated heterocycles. The van der Waals surface area contributed by atoms with E-state index in [1.165, 1.54) is 31.3 Å². The summed E-state index contributed by atoms with van der Waals surface area (Å²) in [5.74, 6) is 0.543. The van der Waals surface area contributed by atoms with E-state index in [4.69, 9.17) is 5.73 Å². The highest BCUT2D eigenvalue weighted by molar-refractivity contribution is 8.00. The van der Waals surface area contributed by atoms with E-state index in [0.29, 0.717) is 5.75 Å². The Labute approximate surface area is 131 Å². The predicted octanol–water partition coefficient (Wildman–Crippen LogP) is 3.68. The van der Waals surface area contributed by atoms with Crippen LogP contribution in [0.2, 0.25) is 0 Å². The van der Waals surface area contributed by atoms with Gasteiger partial charge in [0.05, 0.1) is 5.75 Å². The molecule has 2 rings (SSSR count). The third-order valence-electron chi connectivity index (χ3n) is 3.84. The monoisotopic (exact) mass is 304 g/mol. The number of carbonyl (C=O) groups is 1. The number of nitrogens with two attached hydrogens (primary N) is 1. The van der Waals surface area contributed by atoms with Crippen molar-refractivity contribution in [3.63, 3.8) is 0 Å². The zero-order valence-corrected chi connectivity index (χ0v) is 13.5. The molecule has 0 aromatic heterocycles. The van der Waals surface area contributed by atoms with Gasteiger partial charge < -0.3 is 11.1 Å². The number of amides is 1. The van der Waals surface area contributed by atoms with Crippen molar-refractivity contribution in [3.05, 3.63) is 35.4 Å². The van der Waals surface area contributed by atoms with E-state index < -0.39 is 0 Å². The van der Waals surface area contributed by atoms with Gasteiger partial charge in [-0.25, -0.2) is 0 Å². The maximum Gasteiger partial charge on any atom is 0.230 e. The number of carbonyl (C=O) groups excluding carboxylic acids is 1. The Kier molecular flexibility index (Phi) is 6.18. The molecule has 114 valence electrons. The number of rotatable bonds is 6. The molecule has 0 heterocycles. The first kappa shape index (κ1) is 16.0. The molecule has 0 unspecified atom stereocenters. The van der Waals surface area contributed by atoms with Gasteiger partial charge in [-0.15, -0.1) is 11.8 Å². The Morgan fingerprint density at radius 1 is 1.38 bits per heavy atom. The molecule has 3 N–H and O–H groups in total. The van der Waals surface area contributed by atoms with Gasteiger partial charge in [-0.3, -0.25) is 4.79 Å². The Hall–Kier alpha value is -1.42. The smallest absolute Gasteiger partial charge is 0.230 e. The van der Waals surface area contributed by atoms with Gasteiger partial charge in [0, 0.05) is 17.1 Å². The number of hydrogen-bond acceptors (Lipinski definition) is 3. The number of allylic oxidation sites excluding steroid dienone is 1. The maximum absolute atomic E-state index is 11.9. The average molecular weight is 304 g/mol. The Morgan fingerprint density at radius 3 is 3.00 bits per heavy atom. The molecule has 21 heavy (non-hydrogen) atoms. The van der Waals surface area contributed by atoms with Gasteiger partial charge in [0.15, 0.2) is 0 Å². The van der Waals surface area contributed by atoms with Gasteiger partial charge in [-0.2, -0.15) is 0 Å². The lowest BCUT2D eigenvalue weighted by atomic mass is 9.97. The zero-order chi connectivity index (χ0) is 15.1. The number of nitrogen functional groups attached to an aromatic ring is 1. The molecule has 0 fully saturated rings. The van der Waals surface area contributed by atoms with E-state index in [1.807, 2.05) is 25.1 Å². The SMILES string of the molecule is Cc1c(N)cccc1SCC(=O)NCCC1=CCCCC1. The van der Waals surface area contributed by atoms with E-state index in [0.717, 1.165) is 29.1 Å². The molecule has 1 aliphatic rings. The second-order valence-electron chi connectivity index (χ2n) is 5.47. The molecule has 0 saturated carbocycles. The number of benzene rings is 1. The van der Waals surface area contributed by atoms with E-state index >= 15 is 0 Å². The largest absolute Gasteiger partial charge is 0.398 e. The maximum atomic E-state index is 11.9. The second-order valence-corrected chi connectivity index (χ2v) is 6.48. The normalized spacial score (nSPS) is 14.6. The molecule has 1 aromatic carbocycles. The van der Waals surface area contributed by atoms with Crippen LogP contribution in [0, 0.1) is 6.92 Å². The van der Waals surface area contributed by atoms with Crippen molar-refractivity contribution < 1.29 is 4.79 Å². The van der Waals surface area contributed by atoms with Gasteiger partial charge in [-0.1, -0.05) is 17.7 Å². The van der Waals surface area contributed by atoms with Gasteiger partial charge in [0.1, 0.15) is 0 Å². The first-order valence-corrected chi connectivity index (χ1v) is 8.58. The van der Waals surface area contributed by atoms with Crippen LogP contribution in [0.25, 0.3) is 0 Å². The second kappa shape index (κ2) is 8.13. The van der Waals surface area contributed by atoms with Crippen molar-refractivity contribution in [2.45, 2.75) is 43.9 Å². The molecule has 0 bridgehead atoms. The van der Waals surface area contributed by atoms with E-state index in [1.54, 1.807) is 11.8 Å². The van der Waals surface area contributed by atoms with Crippen molar-refractivity contribution in [1.82, 2.24) is 5.32 Å². The quantitative estimate of drug-likeness (QED) is 0.479. The highest BCUT2D eigenvalue weighted by Gasteiger charge is 2.07. The summed E-state index contributed by atoms with van der Waals surface area (Å²) in [5, 5.41) is 3.00. The minimum Gasteiger partial charge on any atom is -0.398 e. The zero-order valence-electron chi connectivity index (χ0n) is 12.7. The molecule has 0 spiro atoms. The summed E-state index contributed by atoms with van der Waals surface area (Å²) in [6.45, 7) is 2.74. The Morgan fingerprint density at radius 2 is 2.24 bits per heavy atom. The molecule has 1 amide bonds. The summed E-state index contributed by atoms with van der Waals surface area (Å²) in [4.78, 5) is 13.0. The molecule has 1 aliphatic carbocycles. The number of thioether (sulfide) groups is 1. The van der Waals surface area contributed by atoms with Crippen molar-refractivity contribution in [2.75, 3.05) is 18.0 Å². The van der Waals surface area contributed by atoms with Crippen LogP contribution >= 0.6 is 11.8 Å². The molecular formula is C17H24N2OS. The first-order valence-electron chi connectivity index (χ1n) is 7.59. The van der Waals surface area contributed by atoms with Crippen LogP contribution in [0.3, 0.4) is 0 Å². The van der Waals surface area contributed by atoms with Crippen LogP contribution in [0.1, 0.15) is 37.7 Å². The van der Waals surface area contributed by atoms with Crippen molar-refractivity contribution in [3.8, 4) is 0 Å². The van der Waals surface area contributed by atoms with E-state index in [-0.39, 0.29) is 5.91 Å². The fraction of sp³-hybridized carbons (Fsp3) is 0.471. The summed E-state index contributed by atoms with van der Waals surface area (Å²) < 4.78 is 0. The van der Waals surface area contributed by atoms with Gasteiger partial charge in [-0.05, 0) is 56.7 Å². The third-order valence-corrected chi connectivity index (χ3v) is 5.00. The van der Waals surface area contributed by atoms with Gasteiger partial charge in [0.25, 0.3) is 0 Å². The minimum absolute atomic E-state index is 0.0956. The van der Waals surface area contributed by atoms with Crippen LogP contribution in [0.4, 0.5) is 5.69 Å². The summed E-state index contributed by atoms with van der Waals surface area (Å²) in [6, 6.07) is 5.83. The van der Waals surface area contributed by atoms with Crippen LogP contribution in [-0.2, 0) is 4.79 Å². The molecule has 3 nitrogen and oxygen atoms in total. The average Bonchev–Trinajstić information content (AvgIpc) is 2.50. The first-order chi connectivity index (χ1) is 10.2. The summed E-state index contributed by atoms with van der Waals surface area (Å²) in [5.41, 5.74) is 9.21. The van der Waals surface area contributed by atoms with Crippen molar-refractivity contribution in [2.24, 2.45) is 0 Å². The molecule has 0 aliphatic heterocycles. The standard InChI is InChI=1S/C17H24N2OS/c1-13-15(18)8-5-9-16(13)21-12-17(20)19-11-10-14-6-3-2-4-7-14/h5-6,8-9H,2-4,7,10-12,18H2,1H3,(H,19,20). The molecule has 0 atom stereocenters. The fourth-order valence-electron chi connectivity index (χ4n) is 2.48. The van der Waals surface area contributed by atoms with Crippen LogP contribution in [0.5, 0.6) is 0 Å². The third kappa shape index (κ3) is 5.12. The number of anilines is 1. The van der Waals surface area contributed by atoms with Gasteiger partial charge >= 0.3 is 0 Å². The molecular weight excluding hydrogens is 280 g/mol. The number of nitrogens with one attached hydrogen (secondary N) is 1. The van der Waals surface area contributed by atoms with Crippen LogP contribution in [-0.4, -0.2) is 18.2 Å². The Balaban J connectivity index is 1.70. The highest BCUT2D eigenvalue weighted by atomic mass is 32.2. The molecule has 1 aromatic rings. The van der Waals surface area contributed by atoms with Crippen molar-refractivity contribution in [1.29, 1.82) is 0 Å². The minimum atomic E-state index is 0.0956. The fourth-order valence-corrected chi connectivity index (χ4v) is 3.37. The van der Waals surface area contributed by atoms with Crippen molar-refractivity contribution >= 4 is 23.4 Å². The predicted molar refractivity (Wildman–Crippen MR) is 90.5 cm³/mol. The number of hydrogen-bond donors (Lipinski definition) is 2. The van der Waals surface area contributed by atoms with Crippen LogP contribution < -0.4 is 11.1 Å². The summed E-state index contributed by atoms with van der Waals surface area (Å²) in [7, 11) is 0. The lowest BCUT2D eigenvalue weighted by Gasteiger charge is -2.13.